The van der Waals surface area contributed by atoms with E-state index < -0.39 is 0 Å². The number of hydrogen-bond acceptors (Lipinski definition) is 4. The number of para-hydroxylation sites is 1. The van der Waals surface area contributed by atoms with Gasteiger partial charge in [0, 0.05) is 17.1 Å². The zero-order valence-corrected chi connectivity index (χ0v) is 13.8. The van der Waals surface area contributed by atoms with Crippen LogP contribution in [-0.2, 0) is 0 Å². The van der Waals surface area contributed by atoms with Gasteiger partial charge in [-0.05, 0) is 42.5 Å². The summed E-state index contributed by atoms with van der Waals surface area (Å²) in [6.07, 6.45) is 1.71. The molecule has 1 amide bonds. The third-order valence-electron chi connectivity index (χ3n) is 3.44. The van der Waals surface area contributed by atoms with Crippen LogP contribution >= 0.6 is 12.2 Å². The molecule has 0 aliphatic carbocycles. The van der Waals surface area contributed by atoms with Crippen molar-refractivity contribution in [3.05, 3.63) is 66.4 Å². The monoisotopic (exact) mass is 337 g/mol. The van der Waals surface area contributed by atoms with E-state index in [1.54, 1.807) is 37.6 Å². The summed E-state index contributed by atoms with van der Waals surface area (Å²) in [5, 5.41) is 6.88. The third-order valence-corrected chi connectivity index (χ3v) is 3.64. The molecule has 0 aliphatic heterocycles. The molecule has 2 aromatic carbocycles. The van der Waals surface area contributed by atoms with Crippen molar-refractivity contribution in [3.63, 3.8) is 0 Å². The fraction of sp³-hybridized carbons (Fsp3) is 0.0556. The van der Waals surface area contributed by atoms with Gasteiger partial charge in [-0.25, -0.2) is 0 Å². The van der Waals surface area contributed by atoms with E-state index in [9.17, 15) is 4.79 Å². The highest BCUT2D eigenvalue weighted by atomic mass is 32.1. The fourth-order valence-electron chi connectivity index (χ4n) is 2.30. The topological polar surface area (TPSA) is 63.2 Å². The summed E-state index contributed by atoms with van der Waals surface area (Å²) in [6.45, 7) is 0. The Morgan fingerprint density at radius 3 is 2.75 bits per heavy atom. The highest BCUT2D eigenvalue weighted by Crippen LogP contribution is 2.20. The van der Waals surface area contributed by atoms with Gasteiger partial charge in [0.2, 0.25) is 0 Å². The summed E-state index contributed by atoms with van der Waals surface area (Å²) in [5.41, 5.74) is 2.00. The number of aromatic nitrogens is 1. The molecule has 2 N–H and O–H groups in total. The van der Waals surface area contributed by atoms with E-state index >= 15 is 0 Å². The van der Waals surface area contributed by atoms with E-state index in [1.165, 1.54) is 0 Å². The first kappa shape index (κ1) is 15.9. The summed E-state index contributed by atoms with van der Waals surface area (Å²) < 4.78 is 5.12. The molecule has 0 aliphatic rings. The van der Waals surface area contributed by atoms with Gasteiger partial charge in [-0.3, -0.25) is 15.1 Å². The molecular formula is C18H15N3O2S. The molecule has 3 rings (SSSR count). The first-order valence-corrected chi connectivity index (χ1v) is 7.68. The maximum atomic E-state index is 12.3. The minimum Gasteiger partial charge on any atom is -0.497 e. The molecule has 0 spiro atoms. The predicted octanol–water partition coefficient (Wildman–Crippen LogP) is 3.37. The lowest BCUT2D eigenvalue weighted by molar-refractivity contribution is 0.0977. The maximum Gasteiger partial charge on any atom is 0.257 e. The SMILES string of the molecule is COc1cccc(C(=O)NC(=S)Nc2cccc3cccnc23)c1. The van der Waals surface area contributed by atoms with Gasteiger partial charge >= 0.3 is 0 Å². The first-order valence-electron chi connectivity index (χ1n) is 7.27. The van der Waals surface area contributed by atoms with Crippen LogP contribution in [0.5, 0.6) is 5.75 Å². The van der Waals surface area contributed by atoms with Crippen molar-refractivity contribution in [1.29, 1.82) is 0 Å². The van der Waals surface area contributed by atoms with Crippen LogP contribution in [0.3, 0.4) is 0 Å². The minimum atomic E-state index is -0.306. The summed E-state index contributed by atoms with van der Waals surface area (Å²) in [6, 6.07) is 16.4. The van der Waals surface area contributed by atoms with Crippen molar-refractivity contribution in [2.75, 3.05) is 12.4 Å². The van der Waals surface area contributed by atoms with Gasteiger partial charge in [0.25, 0.3) is 5.91 Å². The Bertz CT molecular complexity index is 906. The van der Waals surface area contributed by atoms with Crippen LogP contribution < -0.4 is 15.4 Å². The Balaban J connectivity index is 1.74. The number of fused-ring (bicyclic) bond motifs is 1. The maximum absolute atomic E-state index is 12.3. The molecular weight excluding hydrogens is 322 g/mol. The van der Waals surface area contributed by atoms with Crippen molar-refractivity contribution >= 4 is 39.8 Å². The zero-order valence-electron chi connectivity index (χ0n) is 12.9. The molecule has 1 aromatic heterocycles. The number of rotatable bonds is 3. The number of methoxy groups -OCH3 is 1. The van der Waals surface area contributed by atoms with Crippen molar-refractivity contribution in [2.45, 2.75) is 0 Å². The summed E-state index contributed by atoms with van der Waals surface area (Å²) in [5.74, 6) is 0.305. The average Bonchev–Trinajstić information content (AvgIpc) is 2.62. The molecule has 0 saturated heterocycles. The fourth-order valence-corrected chi connectivity index (χ4v) is 2.50. The van der Waals surface area contributed by atoms with Crippen LogP contribution in [0.4, 0.5) is 5.69 Å². The molecule has 0 saturated carbocycles. The van der Waals surface area contributed by atoms with Crippen molar-refractivity contribution in [2.24, 2.45) is 0 Å². The second-order valence-electron chi connectivity index (χ2n) is 5.02. The Kier molecular flexibility index (Phi) is 4.67. The lowest BCUT2D eigenvalue weighted by Crippen LogP contribution is -2.34. The van der Waals surface area contributed by atoms with E-state index in [0.29, 0.717) is 11.3 Å². The number of pyridine rings is 1. The number of amides is 1. The molecule has 0 atom stereocenters. The Morgan fingerprint density at radius 2 is 1.92 bits per heavy atom. The quantitative estimate of drug-likeness (QED) is 0.718. The van der Waals surface area contributed by atoms with Crippen LogP contribution in [-0.4, -0.2) is 23.1 Å². The van der Waals surface area contributed by atoms with Gasteiger partial charge in [0.05, 0.1) is 18.3 Å². The number of thiocarbonyl (C=S) groups is 1. The van der Waals surface area contributed by atoms with Gasteiger partial charge in [0.1, 0.15) is 5.75 Å². The van der Waals surface area contributed by atoms with Gasteiger partial charge in [-0.1, -0.05) is 24.3 Å². The van der Waals surface area contributed by atoms with Gasteiger partial charge < -0.3 is 10.1 Å². The van der Waals surface area contributed by atoms with Crippen LogP contribution in [0, 0.1) is 0 Å². The van der Waals surface area contributed by atoms with E-state index in [1.807, 2.05) is 30.3 Å². The van der Waals surface area contributed by atoms with Crippen LogP contribution in [0.2, 0.25) is 0 Å². The molecule has 3 aromatic rings. The van der Waals surface area contributed by atoms with E-state index in [2.05, 4.69) is 15.6 Å². The largest absolute Gasteiger partial charge is 0.497 e. The number of nitrogens with one attached hydrogen (secondary N) is 2. The number of anilines is 1. The number of carbonyl (C=O) groups is 1. The standard InChI is InChI=1S/C18H15N3O2S/c1-23-14-8-2-6-13(11-14)17(22)21-18(24)20-15-9-3-5-12-7-4-10-19-16(12)15/h2-11H,1H3,(H2,20,21,22,24). The van der Waals surface area contributed by atoms with Crippen molar-refractivity contribution in [1.82, 2.24) is 10.3 Å². The lowest BCUT2D eigenvalue weighted by atomic mass is 10.2. The normalized spacial score (nSPS) is 10.2. The Morgan fingerprint density at radius 1 is 1.12 bits per heavy atom. The number of benzene rings is 2. The molecule has 120 valence electrons. The van der Waals surface area contributed by atoms with Gasteiger partial charge in [0.15, 0.2) is 5.11 Å². The van der Waals surface area contributed by atoms with E-state index in [0.717, 1.165) is 16.6 Å². The minimum absolute atomic E-state index is 0.209. The third kappa shape index (κ3) is 3.49. The summed E-state index contributed by atoms with van der Waals surface area (Å²) >= 11 is 5.23. The number of nitrogens with zero attached hydrogens (tertiary/aromatic N) is 1. The molecule has 0 fully saturated rings. The van der Waals surface area contributed by atoms with Gasteiger partial charge in [-0.2, -0.15) is 0 Å². The predicted molar refractivity (Wildman–Crippen MR) is 98.4 cm³/mol. The lowest BCUT2D eigenvalue weighted by Gasteiger charge is -2.11. The first-order chi connectivity index (χ1) is 11.7. The molecule has 6 heteroatoms. The van der Waals surface area contributed by atoms with E-state index in [4.69, 9.17) is 17.0 Å². The van der Waals surface area contributed by atoms with Crippen LogP contribution in [0.15, 0.2) is 60.8 Å². The highest BCUT2D eigenvalue weighted by Gasteiger charge is 2.10. The van der Waals surface area contributed by atoms with Gasteiger partial charge in [-0.15, -0.1) is 0 Å². The highest BCUT2D eigenvalue weighted by molar-refractivity contribution is 7.80. The summed E-state index contributed by atoms with van der Waals surface area (Å²) in [7, 11) is 1.55. The number of hydrogen-bond donors (Lipinski definition) is 2. The number of ether oxygens (including phenoxy) is 1. The molecule has 0 radical (unpaired) electrons. The molecule has 0 unspecified atom stereocenters. The van der Waals surface area contributed by atoms with E-state index in [-0.39, 0.29) is 11.0 Å². The Labute approximate surface area is 144 Å². The molecule has 1 heterocycles. The average molecular weight is 337 g/mol. The second-order valence-corrected chi connectivity index (χ2v) is 5.43. The molecule has 0 bridgehead atoms. The zero-order chi connectivity index (χ0) is 16.9. The van der Waals surface area contributed by atoms with Crippen LogP contribution in [0.25, 0.3) is 10.9 Å². The molecule has 5 nitrogen and oxygen atoms in total. The van der Waals surface area contributed by atoms with Crippen molar-refractivity contribution in [3.8, 4) is 5.75 Å². The van der Waals surface area contributed by atoms with Crippen LogP contribution in [0.1, 0.15) is 10.4 Å². The second kappa shape index (κ2) is 7.06. The van der Waals surface area contributed by atoms with Crippen molar-refractivity contribution < 1.29 is 9.53 Å². The summed E-state index contributed by atoms with van der Waals surface area (Å²) in [4.78, 5) is 16.6. The molecule has 24 heavy (non-hydrogen) atoms. The smallest absolute Gasteiger partial charge is 0.257 e. The number of carbonyl (C=O) groups excluding carboxylic acids is 1. The Hall–Kier alpha value is -2.99.